The molecule has 0 saturated heterocycles. The van der Waals surface area contributed by atoms with E-state index in [4.69, 9.17) is 4.98 Å². The van der Waals surface area contributed by atoms with Crippen molar-refractivity contribution in [2.24, 2.45) is 0 Å². The van der Waals surface area contributed by atoms with Crippen LogP contribution in [0.5, 0.6) is 0 Å². The third-order valence-electron chi connectivity index (χ3n) is 5.09. The van der Waals surface area contributed by atoms with Crippen LogP contribution in [0.3, 0.4) is 0 Å². The van der Waals surface area contributed by atoms with E-state index in [0.717, 1.165) is 55.5 Å². The Labute approximate surface area is 148 Å². The number of para-hydroxylation sites is 2. The Balaban J connectivity index is 1.50. The van der Waals surface area contributed by atoms with E-state index in [0.29, 0.717) is 12.0 Å². The summed E-state index contributed by atoms with van der Waals surface area (Å²) in [5, 5.41) is 12.4. The van der Waals surface area contributed by atoms with Gasteiger partial charge >= 0.3 is 0 Å². The number of nitrogens with zero attached hydrogens (tertiary/aromatic N) is 5. The van der Waals surface area contributed by atoms with Gasteiger partial charge in [-0.05, 0) is 25.5 Å². The molecule has 4 rings (SSSR count). The number of imidazole rings is 1. The number of nitrogens with one attached hydrogen (secondary N) is 1. The van der Waals surface area contributed by atoms with E-state index in [9.17, 15) is 0 Å². The molecule has 3 heterocycles. The third-order valence-corrected chi connectivity index (χ3v) is 5.09. The van der Waals surface area contributed by atoms with Crippen molar-refractivity contribution in [3.8, 4) is 0 Å². The maximum atomic E-state index is 4.82. The molecule has 3 aromatic rings. The SMILES string of the molecule is CCn1c(CN[C@@H]2CCc3nnc(C(C)C)n3C2)nc2ccccc21. The zero-order valence-electron chi connectivity index (χ0n) is 15.2. The fourth-order valence-electron chi connectivity index (χ4n) is 3.79. The molecule has 1 aliphatic heterocycles. The molecule has 132 valence electrons. The Hall–Kier alpha value is -2.21. The number of hydrogen-bond donors (Lipinski definition) is 1. The van der Waals surface area contributed by atoms with E-state index in [-0.39, 0.29) is 0 Å². The number of fused-ring (bicyclic) bond motifs is 2. The van der Waals surface area contributed by atoms with Gasteiger partial charge in [0.25, 0.3) is 0 Å². The first kappa shape index (κ1) is 16.3. The lowest BCUT2D eigenvalue weighted by Gasteiger charge is -2.26. The number of aryl methyl sites for hydroxylation is 2. The molecule has 1 N–H and O–H groups in total. The van der Waals surface area contributed by atoms with Gasteiger partial charge in [0.05, 0.1) is 17.6 Å². The average Bonchev–Trinajstić information content (AvgIpc) is 3.20. The van der Waals surface area contributed by atoms with Crippen molar-refractivity contribution in [1.82, 2.24) is 29.6 Å². The number of hydrogen-bond acceptors (Lipinski definition) is 4. The summed E-state index contributed by atoms with van der Waals surface area (Å²) in [6.07, 6.45) is 2.09. The number of benzene rings is 1. The summed E-state index contributed by atoms with van der Waals surface area (Å²) >= 11 is 0. The second-order valence-corrected chi connectivity index (χ2v) is 7.12. The first-order valence-electron chi connectivity index (χ1n) is 9.26. The first-order valence-corrected chi connectivity index (χ1v) is 9.26. The van der Waals surface area contributed by atoms with Crippen molar-refractivity contribution >= 4 is 11.0 Å². The topological polar surface area (TPSA) is 60.6 Å². The second kappa shape index (κ2) is 6.59. The largest absolute Gasteiger partial charge is 0.327 e. The predicted molar refractivity (Wildman–Crippen MR) is 98.5 cm³/mol. The molecule has 0 saturated carbocycles. The summed E-state index contributed by atoms with van der Waals surface area (Å²) in [5.41, 5.74) is 2.29. The van der Waals surface area contributed by atoms with Crippen LogP contribution in [-0.2, 0) is 26.1 Å². The lowest BCUT2D eigenvalue weighted by Crippen LogP contribution is -2.38. The van der Waals surface area contributed by atoms with Crippen LogP contribution < -0.4 is 5.32 Å². The van der Waals surface area contributed by atoms with Gasteiger partial charge < -0.3 is 14.5 Å². The zero-order valence-corrected chi connectivity index (χ0v) is 15.2. The highest BCUT2D eigenvalue weighted by Crippen LogP contribution is 2.21. The minimum absolute atomic E-state index is 0.407. The number of rotatable bonds is 5. The van der Waals surface area contributed by atoms with Gasteiger partial charge in [-0.1, -0.05) is 26.0 Å². The molecule has 6 heteroatoms. The highest BCUT2D eigenvalue weighted by molar-refractivity contribution is 5.75. The van der Waals surface area contributed by atoms with E-state index < -0.39 is 0 Å². The smallest absolute Gasteiger partial charge is 0.135 e. The lowest BCUT2D eigenvalue weighted by atomic mass is 10.1. The Morgan fingerprint density at radius 1 is 1.24 bits per heavy atom. The van der Waals surface area contributed by atoms with Gasteiger partial charge in [-0.25, -0.2) is 4.98 Å². The molecule has 0 amide bonds. The van der Waals surface area contributed by atoms with Gasteiger partial charge in [0, 0.05) is 31.5 Å². The molecule has 25 heavy (non-hydrogen) atoms. The summed E-state index contributed by atoms with van der Waals surface area (Å²) < 4.78 is 4.60. The van der Waals surface area contributed by atoms with Gasteiger partial charge in [-0.3, -0.25) is 0 Å². The summed E-state index contributed by atoms with van der Waals surface area (Å²) in [7, 11) is 0. The van der Waals surface area contributed by atoms with E-state index >= 15 is 0 Å². The summed E-state index contributed by atoms with van der Waals surface area (Å²) in [4.78, 5) is 4.82. The molecule has 6 nitrogen and oxygen atoms in total. The van der Waals surface area contributed by atoms with E-state index in [1.165, 1.54) is 5.52 Å². The molecule has 0 spiro atoms. The molecule has 0 radical (unpaired) electrons. The van der Waals surface area contributed by atoms with Gasteiger partial charge in [-0.2, -0.15) is 0 Å². The molecule has 1 aromatic carbocycles. The molecule has 0 unspecified atom stereocenters. The second-order valence-electron chi connectivity index (χ2n) is 7.12. The molecule has 1 aliphatic rings. The monoisotopic (exact) mass is 338 g/mol. The summed E-state index contributed by atoms with van der Waals surface area (Å²) in [5.74, 6) is 3.75. The molecule has 0 fully saturated rings. The van der Waals surface area contributed by atoms with Crippen molar-refractivity contribution in [3.05, 3.63) is 41.7 Å². The van der Waals surface area contributed by atoms with Crippen molar-refractivity contribution in [2.75, 3.05) is 0 Å². The Morgan fingerprint density at radius 2 is 2.08 bits per heavy atom. The first-order chi connectivity index (χ1) is 12.2. The van der Waals surface area contributed by atoms with Crippen LogP contribution in [0.1, 0.15) is 50.6 Å². The fourth-order valence-corrected chi connectivity index (χ4v) is 3.79. The van der Waals surface area contributed by atoms with E-state index in [2.05, 4.69) is 69.7 Å². The lowest BCUT2D eigenvalue weighted by molar-refractivity contribution is 0.365. The van der Waals surface area contributed by atoms with E-state index in [1.807, 2.05) is 0 Å². The third kappa shape index (κ3) is 2.95. The van der Waals surface area contributed by atoms with Crippen LogP contribution in [0, 0.1) is 0 Å². The maximum absolute atomic E-state index is 4.82. The Morgan fingerprint density at radius 3 is 2.88 bits per heavy atom. The zero-order chi connectivity index (χ0) is 17.4. The van der Waals surface area contributed by atoms with Crippen LogP contribution >= 0.6 is 0 Å². The van der Waals surface area contributed by atoms with Crippen LogP contribution in [0.2, 0.25) is 0 Å². The molecule has 0 aliphatic carbocycles. The van der Waals surface area contributed by atoms with Crippen molar-refractivity contribution in [1.29, 1.82) is 0 Å². The Kier molecular flexibility index (Phi) is 4.29. The summed E-state index contributed by atoms with van der Waals surface area (Å²) in [6, 6.07) is 8.80. The molecule has 2 aromatic heterocycles. The minimum atomic E-state index is 0.407. The van der Waals surface area contributed by atoms with E-state index in [1.54, 1.807) is 0 Å². The predicted octanol–water partition coefficient (Wildman–Crippen LogP) is 2.88. The van der Waals surface area contributed by atoms with Crippen molar-refractivity contribution in [2.45, 2.75) is 65.2 Å². The molecular weight excluding hydrogens is 312 g/mol. The standard InChI is InChI=1S/C19H26N6/c1-4-24-16-8-6-5-7-15(16)21-18(24)11-20-14-9-10-17-22-23-19(13(2)3)25(17)12-14/h5-8,13-14,20H,4,9-12H2,1-3H3/t14-/m1/s1. The molecule has 1 atom stereocenters. The van der Waals surface area contributed by atoms with Gasteiger partial charge in [-0.15, -0.1) is 10.2 Å². The van der Waals surface area contributed by atoms with Crippen LogP contribution in [0.25, 0.3) is 11.0 Å². The highest BCUT2D eigenvalue weighted by atomic mass is 15.3. The van der Waals surface area contributed by atoms with Gasteiger partial charge in [0.2, 0.25) is 0 Å². The average molecular weight is 338 g/mol. The highest BCUT2D eigenvalue weighted by Gasteiger charge is 2.24. The maximum Gasteiger partial charge on any atom is 0.135 e. The van der Waals surface area contributed by atoms with Crippen LogP contribution in [-0.4, -0.2) is 30.4 Å². The normalized spacial score (nSPS) is 17.4. The minimum Gasteiger partial charge on any atom is -0.327 e. The quantitative estimate of drug-likeness (QED) is 0.777. The van der Waals surface area contributed by atoms with Crippen molar-refractivity contribution < 1.29 is 0 Å². The Bertz CT molecular complexity index is 875. The molecular formula is C19H26N6. The van der Waals surface area contributed by atoms with Gasteiger partial charge in [0.1, 0.15) is 17.5 Å². The van der Waals surface area contributed by atoms with Crippen molar-refractivity contribution in [3.63, 3.8) is 0 Å². The summed E-state index contributed by atoms with van der Waals surface area (Å²) in [6.45, 7) is 9.21. The number of aromatic nitrogens is 5. The van der Waals surface area contributed by atoms with Crippen LogP contribution in [0.4, 0.5) is 0 Å². The van der Waals surface area contributed by atoms with Crippen LogP contribution in [0.15, 0.2) is 24.3 Å². The molecule has 0 bridgehead atoms. The fraction of sp³-hybridized carbons (Fsp3) is 0.526. The van der Waals surface area contributed by atoms with Gasteiger partial charge in [0.15, 0.2) is 0 Å².